The second kappa shape index (κ2) is 6.30. The Kier molecular flexibility index (Phi) is 4.72. The number of hydrogen-bond acceptors (Lipinski definition) is 0. The first kappa shape index (κ1) is 14.2. The summed E-state index contributed by atoms with van der Waals surface area (Å²) < 4.78 is 0. The van der Waals surface area contributed by atoms with Gasteiger partial charge in [0, 0.05) is 26.2 Å². The Morgan fingerprint density at radius 2 is 1.53 bits per heavy atom. The van der Waals surface area contributed by atoms with Gasteiger partial charge in [-0.15, -0.1) is 0 Å². The molecule has 3 rings (SSSR count). The molecule has 2 aliphatic rings. The van der Waals surface area contributed by atoms with Crippen LogP contribution in [0.1, 0.15) is 12.5 Å². The minimum absolute atomic E-state index is 0. The summed E-state index contributed by atoms with van der Waals surface area (Å²) in [6.07, 6.45) is 1.03. The Hall–Kier alpha value is -1.20. The van der Waals surface area contributed by atoms with E-state index >= 15 is 0 Å². The van der Waals surface area contributed by atoms with Crippen LogP contribution >= 0.6 is 0 Å². The molecule has 0 heterocycles. The van der Waals surface area contributed by atoms with Crippen molar-refractivity contribution in [2.45, 2.75) is 13.3 Å². The molecule has 0 nitrogen and oxygen atoms in total. The van der Waals surface area contributed by atoms with Crippen LogP contribution in [0.15, 0.2) is 60.7 Å². The maximum atomic E-state index is 3.48. The molecule has 1 aromatic carbocycles. The van der Waals surface area contributed by atoms with Crippen LogP contribution in [0.3, 0.4) is 0 Å². The molecule has 1 radical (unpaired) electrons. The van der Waals surface area contributed by atoms with Gasteiger partial charge in [-0.05, 0) is 46.4 Å². The average molecular weight is 323 g/mol. The zero-order chi connectivity index (χ0) is 12.4. The van der Waals surface area contributed by atoms with Gasteiger partial charge in [-0.3, -0.25) is 0 Å². The second-order valence-corrected chi connectivity index (χ2v) is 4.47. The van der Waals surface area contributed by atoms with Crippen LogP contribution in [-0.4, -0.2) is 0 Å². The van der Waals surface area contributed by atoms with Crippen molar-refractivity contribution < 1.29 is 26.2 Å². The zero-order valence-electron chi connectivity index (χ0n) is 11.0. The van der Waals surface area contributed by atoms with Crippen LogP contribution in [-0.2, 0) is 32.6 Å². The van der Waals surface area contributed by atoms with E-state index in [1.54, 1.807) is 0 Å². The predicted molar refractivity (Wildman–Crippen MR) is 76.7 cm³/mol. The van der Waals surface area contributed by atoms with Crippen LogP contribution in [0.25, 0.3) is 22.3 Å². The van der Waals surface area contributed by atoms with Crippen molar-refractivity contribution in [1.29, 1.82) is 0 Å². The fraction of sp³-hybridized carbons (Fsp3) is 0.111. The Balaban J connectivity index is 0.00000133. The molecule has 2 aliphatic carbocycles. The van der Waals surface area contributed by atoms with Gasteiger partial charge in [0.05, 0.1) is 0 Å². The SMILES string of the molecule is CCc1[c]c2ccccc(-c3ccccc3)c-2c1.[Zr]. The zero-order valence-corrected chi connectivity index (χ0v) is 13.4. The van der Waals surface area contributed by atoms with Crippen LogP contribution < -0.4 is 0 Å². The van der Waals surface area contributed by atoms with Gasteiger partial charge in [0.25, 0.3) is 0 Å². The monoisotopic (exact) mass is 321 g/mol. The van der Waals surface area contributed by atoms with Gasteiger partial charge in [0.2, 0.25) is 0 Å². The average Bonchev–Trinajstić information content (AvgIpc) is 2.73. The summed E-state index contributed by atoms with van der Waals surface area (Å²) in [6.45, 7) is 2.17. The van der Waals surface area contributed by atoms with Gasteiger partial charge in [-0.2, -0.15) is 0 Å². The third kappa shape index (κ3) is 2.87. The molecule has 0 spiro atoms. The molecule has 1 aromatic rings. The second-order valence-electron chi connectivity index (χ2n) is 4.47. The molecule has 0 aliphatic heterocycles. The van der Waals surface area contributed by atoms with Crippen molar-refractivity contribution in [2.75, 3.05) is 0 Å². The Morgan fingerprint density at radius 3 is 2.26 bits per heavy atom. The van der Waals surface area contributed by atoms with Crippen LogP contribution in [0, 0.1) is 6.07 Å². The van der Waals surface area contributed by atoms with E-state index in [2.05, 4.69) is 73.7 Å². The van der Waals surface area contributed by atoms with Gasteiger partial charge >= 0.3 is 0 Å². The third-order valence-corrected chi connectivity index (χ3v) is 3.30. The summed E-state index contributed by atoms with van der Waals surface area (Å²) in [6, 6.07) is 24.8. The van der Waals surface area contributed by atoms with E-state index in [9.17, 15) is 0 Å². The molecule has 0 atom stereocenters. The van der Waals surface area contributed by atoms with E-state index in [1.807, 2.05) is 0 Å². The molecule has 0 N–H and O–H groups in total. The van der Waals surface area contributed by atoms with E-state index < -0.39 is 0 Å². The first-order valence-corrected chi connectivity index (χ1v) is 6.38. The minimum Gasteiger partial charge on any atom is -0.0622 e. The van der Waals surface area contributed by atoms with Crippen LogP contribution in [0.2, 0.25) is 0 Å². The van der Waals surface area contributed by atoms with Crippen molar-refractivity contribution in [2.24, 2.45) is 0 Å². The maximum Gasteiger partial charge on any atom is 0 e. The fourth-order valence-corrected chi connectivity index (χ4v) is 2.34. The van der Waals surface area contributed by atoms with Gasteiger partial charge in [0.15, 0.2) is 0 Å². The number of hydrogen-bond donors (Lipinski definition) is 0. The van der Waals surface area contributed by atoms with E-state index in [0.717, 1.165) is 6.42 Å². The van der Waals surface area contributed by atoms with Crippen molar-refractivity contribution in [1.82, 2.24) is 0 Å². The topological polar surface area (TPSA) is 0 Å². The molecular formula is C18H15Zr. The quantitative estimate of drug-likeness (QED) is 0.634. The van der Waals surface area contributed by atoms with Gasteiger partial charge in [-0.1, -0.05) is 61.5 Å². The summed E-state index contributed by atoms with van der Waals surface area (Å²) in [5.41, 5.74) is 6.33. The number of fused-ring (bicyclic) bond motifs is 1. The normalized spacial score (nSPS) is 10.2. The van der Waals surface area contributed by atoms with Gasteiger partial charge in [-0.25, -0.2) is 0 Å². The molecule has 91 valence electrons. The first-order chi connectivity index (χ1) is 8.88. The number of aryl methyl sites for hydroxylation is 1. The van der Waals surface area contributed by atoms with Crippen molar-refractivity contribution in [3.63, 3.8) is 0 Å². The number of rotatable bonds is 2. The molecular weight excluding hydrogens is 307 g/mol. The molecule has 0 fully saturated rings. The standard InChI is InChI=1S/C18H15.Zr/c1-2-14-12-16-10-6-7-11-17(18(16)13-14)15-8-4-3-5-9-15;/h3-11,13H,2H2,1H3;. The van der Waals surface area contributed by atoms with Gasteiger partial charge < -0.3 is 0 Å². The van der Waals surface area contributed by atoms with Gasteiger partial charge in [0.1, 0.15) is 0 Å². The van der Waals surface area contributed by atoms with Crippen LogP contribution in [0.5, 0.6) is 0 Å². The van der Waals surface area contributed by atoms with E-state index in [4.69, 9.17) is 0 Å². The molecule has 0 saturated carbocycles. The summed E-state index contributed by atoms with van der Waals surface area (Å²) in [4.78, 5) is 0. The Morgan fingerprint density at radius 1 is 0.842 bits per heavy atom. The fourth-order valence-electron chi connectivity index (χ4n) is 2.34. The molecule has 1 heteroatoms. The number of benzene rings is 1. The summed E-state index contributed by atoms with van der Waals surface area (Å²) in [5, 5.41) is 0. The molecule has 0 amide bonds. The largest absolute Gasteiger partial charge is 0.0622 e. The summed E-state index contributed by atoms with van der Waals surface area (Å²) in [7, 11) is 0. The molecule has 0 unspecified atom stereocenters. The Bertz CT molecular complexity index is 629. The van der Waals surface area contributed by atoms with E-state index in [-0.39, 0.29) is 26.2 Å². The van der Waals surface area contributed by atoms with Crippen molar-refractivity contribution in [3.8, 4) is 22.3 Å². The Labute approximate surface area is 134 Å². The maximum absolute atomic E-state index is 3.48. The van der Waals surface area contributed by atoms with E-state index in [1.165, 1.54) is 27.8 Å². The predicted octanol–water partition coefficient (Wildman–Crippen LogP) is 4.82. The summed E-state index contributed by atoms with van der Waals surface area (Å²) in [5.74, 6) is 0. The summed E-state index contributed by atoms with van der Waals surface area (Å²) >= 11 is 0. The first-order valence-electron chi connectivity index (χ1n) is 6.38. The van der Waals surface area contributed by atoms with Crippen molar-refractivity contribution in [3.05, 3.63) is 72.3 Å². The third-order valence-electron chi connectivity index (χ3n) is 3.30. The smallest absolute Gasteiger partial charge is 0 e. The molecule has 0 aromatic heterocycles. The minimum atomic E-state index is 0. The molecule has 0 saturated heterocycles. The molecule has 0 bridgehead atoms. The van der Waals surface area contributed by atoms with Crippen molar-refractivity contribution >= 4 is 0 Å². The van der Waals surface area contributed by atoms with E-state index in [0.29, 0.717) is 0 Å². The molecule has 19 heavy (non-hydrogen) atoms. The van der Waals surface area contributed by atoms with Crippen LogP contribution in [0.4, 0.5) is 0 Å².